The van der Waals surface area contributed by atoms with Crippen LogP contribution >= 0.6 is 27.5 Å². The normalized spacial score (nSPS) is 11.3. The summed E-state index contributed by atoms with van der Waals surface area (Å²) in [6.07, 6.45) is 0. The van der Waals surface area contributed by atoms with Gasteiger partial charge in [-0.05, 0) is 32.0 Å². The molecule has 16 heavy (non-hydrogen) atoms. The summed E-state index contributed by atoms with van der Waals surface area (Å²) in [5, 5.41) is 1.30. The first-order valence-corrected chi connectivity index (χ1v) is 6.48. The van der Waals surface area contributed by atoms with E-state index in [1.165, 1.54) is 0 Å². The summed E-state index contributed by atoms with van der Waals surface area (Å²) in [5.41, 5.74) is 0.392. The zero-order valence-electron chi connectivity index (χ0n) is 9.63. The van der Waals surface area contributed by atoms with Crippen molar-refractivity contribution in [1.82, 2.24) is 4.90 Å². The summed E-state index contributed by atoms with van der Waals surface area (Å²) in [4.78, 5) is 13.9. The van der Waals surface area contributed by atoms with E-state index < -0.39 is 0 Å². The van der Waals surface area contributed by atoms with Crippen LogP contribution in [0.1, 0.15) is 24.2 Å². The minimum Gasteiger partial charge on any atom is -0.336 e. The van der Waals surface area contributed by atoms with Gasteiger partial charge in [0.25, 0.3) is 5.91 Å². The molecule has 1 rings (SSSR count). The van der Waals surface area contributed by atoms with Crippen LogP contribution < -0.4 is 0 Å². The van der Waals surface area contributed by atoms with Gasteiger partial charge >= 0.3 is 0 Å². The van der Waals surface area contributed by atoms with Crippen LogP contribution in [0.15, 0.2) is 24.3 Å². The number of benzene rings is 1. The molecule has 0 bridgehead atoms. The van der Waals surface area contributed by atoms with E-state index in [-0.39, 0.29) is 11.4 Å². The average Bonchev–Trinajstić information content (AvgIpc) is 2.27. The van der Waals surface area contributed by atoms with Crippen LogP contribution in [0.25, 0.3) is 0 Å². The van der Waals surface area contributed by atoms with Gasteiger partial charge in [-0.3, -0.25) is 4.79 Å². The number of amides is 1. The van der Waals surface area contributed by atoms with Gasteiger partial charge in [0.05, 0.1) is 0 Å². The molecule has 0 aliphatic carbocycles. The number of hydrogen-bond acceptors (Lipinski definition) is 1. The van der Waals surface area contributed by atoms with E-state index in [1.54, 1.807) is 36.2 Å². The highest BCUT2D eigenvalue weighted by atomic mass is 79.9. The van der Waals surface area contributed by atoms with E-state index in [0.717, 1.165) is 5.33 Å². The van der Waals surface area contributed by atoms with Crippen molar-refractivity contribution < 1.29 is 4.79 Å². The summed E-state index contributed by atoms with van der Waals surface area (Å²) >= 11 is 9.27. The third-order valence-corrected chi connectivity index (χ3v) is 4.22. The molecule has 4 heteroatoms. The van der Waals surface area contributed by atoms with Crippen molar-refractivity contribution in [2.75, 3.05) is 12.4 Å². The molecule has 0 saturated heterocycles. The van der Waals surface area contributed by atoms with Gasteiger partial charge in [-0.15, -0.1) is 0 Å². The molecule has 0 fully saturated rings. The Morgan fingerprint density at radius 3 is 2.62 bits per heavy atom. The molecule has 2 nitrogen and oxygen atoms in total. The largest absolute Gasteiger partial charge is 0.336 e. The SMILES string of the molecule is CN(C(=O)c1cccc(Cl)c1)C(C)(C)CBr. The molecule has 1 aromatic rings. The van der Waals surface area contributed by atoms with Crippen LogP contribution in [0.3, 0.4) is 0 Å². The molecule has 0 radical (unpaired) electrons. The molecule has 0 aliphatic rings. The van der Waals surface area contributed by atoms with E-state index in [0.29, 0.717) is 10.6 Å². The molecular formula is C12H15BrClNO. The molecule has 0 saturated carbocycles. The lowest BCUT2D eigenvalue weighted by Crippen LogP contribution is -2.46. The van der Waals surface area contributed by atoms with Gasteiger partial charge in [0, 0.05) is 28.5 Å². The van der Waals surface area contributed by atoms with E-state index in [2.05, 4.69) is 15.9 Å². The summed E-state index contributed by atoms with van der Waals surface area (Å²) in [6, 6.07) is 7.00. The van der Waals surface area contributed by atoms with Crippen molar-refractivity contribution in [3.63, 3.8) is 0 Å². The highest BCUT2D eigenvalue weighted by Gasteiger charge is 2.27. The van der Waals surface area contributed by atoms with Crippen LogP contribution in [0, 0.1) is 0 Å². The Bertz CT molecular complexity index is 392. The second-order valence-electron chi connectivity index (χ2n) is 4.32. The second-order valence-corrected chi connectivity index (χ2v) is 5.32. The van der Waals surface area contributed by atoms with E-state index in [4.69, 9.17) is 11.6 Å². The van der Waals surface area contributed by atoms with E-state index in [1.807, 2.05) is 13.8 Å². The molecular weight excluding hydrogens is 289 g/mol. The van der Waals surface area contributed by atoms with Gasteiger partial charge in [-0.2, -0.15) is 0 Å². The predicted molar refractivity (Wildman–Crippen MR) is 71.4 cm³/mol. The minimum absolute atomic E-state index is 0.0213. The van der Waals surface area contributed by atoms with Gasteiger partial charge in [0.1, 0.15) is 0 Å². The number of halogens is 2. The average molecular weight is 305 g/mol. The molecule has 0 unspecified atom stereocenters. The lowest BCUT2D eigenvalue weighted by molar-refractivity contribution is 0.0663. The molecule has 0 aromatic heterocycles. The molecule has 88 valence electrons. The number of carbonyl (C=O) groups is 1. The molecule has 0 heterocycles. The number of alkyl halides is 1. The highest BCUT2D eigenvalue weighted by Crippen LogP contribution is 2.19. The number of rotatable bonds is 3. The van der Waals surface area contributed by atoms with Crippen LogP contribution in [-0.4, -0.2) is 28.7 Å². The fourth-order valence-corrected chi connectivity index (χ4v) is 1.75. The second kappa shape index (κ2) is 5.19. The fourth-order valence-electron chi connectivity index (χ4n) is 1.18. The van der Waals surface area contributed by atoms with Crippen LogP contribution in [0.2, 0.25) is 5.02 Å². The van der Waals surface area contributed by atoms with Crippen LogP contribution in [0.4, 0.5) is 0 Å². The lowest BCUT2D eigenvalue weighted by Gasteiger charge is -2.34. The Morgan fingerprint density at radius 1 is 1.50 bits per heavy atom. The summed E-state index contributed by atoms with van der Waals surface area (Å²) < 4.78 is 0. The Hall–Kier alpha value is -0.540. The number of carbonyl (C=O) groups excluding carboxylic acids is 1. The first-order valence-electron chi connectivity index (χ1n) is 4.98. The van der Waals surface area contributed by atoms with E-state index in [9.17, 15) is 4.79 Å². The van der Waals surface area contributed by atoms with Gasteiger partial charge in [-0.1, -0.05) is 33.6 Å². The zero-order valence-corrected chi connectivity index (χ0v) is 12.0. The van der Waals surface area contributed by atoms with Crippen LogP contribution in [0.5, 0.6) is 0 Å². The molecule has 1 aromatic carbocycles. The predicted octanol–water partition coefficient (Wildman–Crippen LogP) is 3.59. The molecule has 0 spiro atoms. The Morgan fingerprint density at radius 2 is 2.12 bits per heavy atom. The third-order valence-electron chi connectivity index (χ3n) is 2.61. The summed E-state index contributed by atoms with van der Waals surface area (Å²) in [7, 11) is 1.80. The summed E-state index contributed by atoms with van der Waals surface area (Å²) in [6.45, 7) is 4.01. The highest BCUT2D eigenvalue weighted by molar-refractivity contribution is 9.09. The Kier molecular flexibility index (Phi) is 4.39. The summed E-state index contributed by atoms with van der Waals surface area (Å²) in [5.74, 6) is -0.0213. The maximum absolute atomic E-state index is 12.1. The maximum Gasteiger partial charge on any atom is 0.254 e. The molecule has 1 amide bonds. The zero-order chi connectivity index (χ0) is 12.3. The van der Waals surface area contributed by atoms with Crippen molar-refractivity contribution in [3.05, 3.63) is 34.9 Å². The monoisotopic (exact) mass is 303 g/mol. The molecule has 0 atom stereocenters. The number of hydrogen-bond donors (Lipinski definition) is 0. The van der Waals surface area contributed by atoms with Crippen molar-refractivity contribution in [2.24, 2.45) is 0 Å². The first-order chi connectivity index (χ1) is 7.38. The smallest absolute Gasteiger partial charge is 0.254 e. The van der Waals surface area contributed by atoms with Crippen molar-refractivity contribution in [3.8, 4) is 0 Å². The van der Waals surface area contributed by atoms with Crippen molar-refractivity contribution >= 4 is 33.4 Å². The standard InChI is InChI=1S/C12H15BrClNO/c1-12(2,8-13)15(3)11(16)9-5-4-6-10(14)7-9/h4-7H,8H2,1-3H3. The van der Waals surface area contributed by atoms with Gasteiger partial charge in [-0.25, -0.2) is 0 Å². The third kappa shape index (κ3) is 2.98. The Labute approximate surface area is 110 Å². The fraction of sp³-hybridized carbons (Fsp3) is 0.417. The first kappa shape index (κ1) is 13.5. The quantitative estimate of drug-likeness (QED) is 0.782. The van der Waals surface area contributed by atoms with Gasteiger partial charge in [0.15, 0.2) is 0 Å². The van der Waals surface area contributed by atoms with Crippen molar-refractivity contribution in [1.29, 1.82) is 0 Å². The maximum atomic E-state index is 12.1. The molecule has 0 N–H and O–H groups in total. The van der Waals surface area contributed by atoms with E-state index >= 15 is 0 Å². The van der Waals surface area contributed by atoms with Gasteiger partial charge in [0.2, 0.25) is 0 Å². The lowest BCUT2D eigenvalue weighted by atomic mass is 10.1. The number of nitrogens with zero attached hydrogens (tertiary/aromatic N) is 1. The topological polar surface area (TPSA) is 20.3 Å². The van der Waals surface area contributed by atoms with Crippen LogP contribution in [-0.2, 0) is 0 Å². The van der Waals surface area contributed by atoms with Gasteiger partial charge < -0.3 is 4.90 Å². The minimum atomic E-state index is -0.223. The van der Waals surface area contributed by atoms with Crippen molar-refractivity contribution in [2.45, 2.75) is 19.4 Å². The Balaban J connectivity index is 2.95. The molecule has 0 aliphatic heterocycles.